The zero-order chi connectivity index (χ0) is 39.7. The summed E-state index contributed by atoms with van der Waals surface area (Å²) in [6, 6.07) is 14.2. The van der Waals surface area contributed by atoms with Crippen molar-refractivity contribution in [2.75, 3.05) is 13.2 Å². The van der Waals surface area contributed by atoms with E-state index in [0.29, 0.717) is 49.1 Å². The van der Waals surface area contributed by atoms with Crippen LogP contribution in [0.5, 0.6) is 5.75 Å². The minimum atomic E-state index is -3.89. The number of fused-ring (bicyclic) bond motifs is 3. The highest BCUT2D eigenvalue weighted by molar-refractivity contribution is 7.90. The van der Waals surface area contributed by atoms with Gasteiger partial charge in [-0.1, -0.05) is 74.4 Å². The first-order valence-corrected chi connectivity index (χ1v) is 21.1. The first-order valence-electron chi connectivity index (χ1n) is 19.6. The minimum absolute atomic E-state index is 0.00522. The van der Waals surface area contributed by atoms with Gasteiger partial charge < -0.3 is 25.0 Å². The second-order valence-electron chi connectivity index (χ2n) is 14.7. The van der Waals surface area contributed by atoms with E-state index in [0.717, 1.165) is 42.2 Å². The number of hydrogen-bond donors (Lipinski definition) is 3. The number of pyridine rings is 1. The topological polar surface area (TPSA) is 173 Å². The molecular formula is C42H51N5O8S. The molecule has 1 saturated heterocycles. The van der Waals surface area contributed by atoms with Crippen LogP contribution in [0.25, 0.3) is 28.2 Å². The number of unbranched alkanes of at least 4 members (excludes halogenated alkanes) is 1. The Labute approximate surface area is 328 Å². The van der Waals surface area contributed by atoms with E-state index in [2.05, 4.69) is 34.1 Å². The van der Waals surface area contributed by atoms with Crippen LogP contribution in [-0.2, 0) is 29.1 Å². The summed E-state index contributed by atoms with van der Waals surface area (Å²) in [4.78, 5) is 61.2. The largest absolute Gasteiger partial charge is 0.488 e. The van der Waals surface area contributed by atoms with Crippen LogP contribution in [0.2, 0.25) is 0 Å². The molecule has 4 bridgehead atoms. The van der Waals surface area contributed by atoms with E-state index in [9.17, 15) is 27.6 Å². The van der Waals surface area contributed by atoms with Gasteiger partial charge in [-0.3, -0.25) is 19.1 Å². The Kier molecular flexibility index (Phi) is 13.4. The fraction of sp³-hybridized carbons (Fsp3) is 0.452. The number of benzene rings is 2. The summed E-state index contributed by atoms with van der Waals surface area (Å²) in [7, 11) is -3.89. The number of rotatable bonds is 11. The Hall–Kier alpha value is -5.24. The molecule has 2 fully saturated rings. The minimum Gasteiger partial charge on any atom is -0.488 e. The number of hydrogen-bond acceptors (Lipinski definition) is 9. The highest BCUT2D eigenvalue weighted by Gasteiger charge is 2.44. The third-order valence-electron chi connectivity index (χ3n) is 10.2. The van der Waals surface area contributed by atoms with Gasteiger partial charge in [0.25, 0.3) is 5.91 Å². The van der Waals surface area contributed by atoms with E-state index in [1.54, 1.807) is 0 Å². The van der Waals surface area contributed by atoms with Gasteiger partial charge in [0.05, 0.1) is 29.6 Å². The van der Waals surface area contributed by atoms with Crippen LogP contribution in [0.15, 0.2) is 73.3 Å². The highest BCUT2D eigenvalue weighted by atomic mass is 32.2. The van der Waals surface area contributed by atoms with Gasteiger partial charge in [0.1, 0.15) is 30.0 Å². The Morgan fingerprint density at radius 2 is 1.89 bits per heavy atom. The van der Waals surface area contributed by atoms with Crippen molar-refractivity contribution in [1.29, 1.82) is 0 Å². The molecule has 56 heavy (non-hydrogen) atoms. The number of aromatic nitrogens is 1. The maximum absolute atomic E-state index is 14.5. The van der Waals surface area contributed by atoms with Gasteiger partial charge in [-0.05, 0) is 69.1 Å². The third-order valence-corrected chi connectivity index (χ3v) is 12.1. The zero-order valence-corrected chi connectivity index (χ0v) is 32.6. The van der Waals surface area contributed by atoms with E-state index < -0.39 is 63.3 Å². The summed E-state index contributed by atoms with van der Waals surface area (Å²) in [5.74, 6) is -1.52. The lowest BCUT2D eigenvalue weighted by Gasteiger charge is -2.29. The van der Waals surface area contributed by atoms with Crippen molar-refractivity contribution in [3.63, 3.8) is 0 Å². The van der Waals surface area contributed by atoms with Gasteiger partial charge in [-0.2, -0.15) is 0 Å². The van der Waals surface area contributed by atoms with Crippen LogP contribution in [-0.4, -0.2) is 84.7 Å². The van der Waals surface area contributed by atoms with E-state index >= 15 is 0 Å². The van der Waals surface area contributed by atoms with Gasteiger partial charge in [0.15, 0.2) is 0 Å². The number of amides is 4. The van der Waals surface area contributed by atoms with Crippen molar-refractivity contribution >= 4 is 50.8 Å². The maximum atomic E-state index is 14.5. The Morgan fingerprint density at radius 1 is 1.09 bits per heavy atom. The van der Waals surface area contributed by atoms with Gasteiger partial charge >= 0.3 is 6.09 Å². The van der Waals surface area contributed by atoms with Crippen LogP contribution in [0.3, 0.4) is 0 Å². The zero-order valence-electron chi connectivity index (χ0n) is 31.8. The Morgan fingerprint density at radius 3 is 2.64 bits per heavy atom. The summed E-state index contributed by atoms with van der Waals surface area (Å²) < 4.78 is 39.6. The number of nitrogens with one attached hydrogen (secondary N) is 3. The molecule has 13 nitrogen and oxygen atoms in total. The normalized spacial score (nSPS) is 21.9. The van der Waals surface area contributed by atoms with Crippen LogP contribution >= 0.6 is 0 Å². The molecule has 3 heterocycles. The molecule has 1 unspecified atom stereocenters. The molecule has 0 spiro atoms. The number of nitrogens with zero attached hydrogens (tertiary/aromatic N) is 2. The molecule has 1 aromatic heterocycles. The van der Waals surface area contributed by atoms with Gasteiger partial charge in [-0.25, -0.2) is 18.2 Å². The average molecular weight is 786 g/mol. The second kappa shape index (κ2) is 18.6. The first kappa shape index (κ1) is 40.4. The quantitative estimate of drug-likeness (QED) is 0.204. The second-order valence-corrected chi connectivity index (χ2v) is 16.6. The number of allylic oxidation sites excluding steroid dienone is 1. The Bertz CT molecular complexity index is 2050. The van der Waals surface area contributed by atoms with Crippen LogP contribution in [0, 0.1) is 0 Å². The van der Waals surface area contributed by atoms with Crippen molar-refractivity contribution in [3.05, 3.63) is 78.9 Å². The molecule has 6 rings (SSSR count). The molecule has 4 amide bonds. The first-order chi connectivity index (χ1) is 27.1. The van der Waals surface area contributed by atoms with E-state index in [4.69, 9.17) is 14.5 Å². The molecule has 14 heteroatoms. The fourth-order valence-corrected chi connectivity index (χ4v) is 8.39. The van der Waals surface area contributed by atoms with Gasteiger partial charge in [0.2, 0.25) is 21.8 Å². The number of ether oxygens (including phenoxy) is 2. The lowest BCUT2D eigenvalue weighted by atomic mass is 10.1. The van der Waals surface area contributed by atoms with Crippen LogP contribution < -0.4 is 20.1 Å². The summed E-state index contributed by atoms with van der Waals surface area (Å²) in [6.45, 7) is 5.86. The molecule has 298 valence electrons. The van der Waals surface area contributed by atoms with Crippen molar-refractivity contribution < 1.29 is 37.1 Å². The molecule has 4 atom stereocenters. The molecule has 0 radical (unpaired) electrons. The smallest absolute Gasteiger partial charge is 0.407 e. The van der Waals surface area contributed by atoms with Crippen LogP contribution in [0.4, 0.5) is 4.79 Å². The summed E-state index contributed by atoms with van der Waals surface area (Å²) in [6.07, 6.45) is 10.1. The van der Waals surface area contributed by atoms with Gasteiger partial charge in [-0.15, -0.1) is 6.58 Å². The summed E-state index contributed by atoms with van der Waals surface area (Å²) >= 11 is 0. The molecule has 3 aliphatic rings. The van der Waals surface area contributed by atoms with Crippen molar-refractivity contribution in [2.24, 2.45) is 0 Å². The predicted molar refractivity (Wildman–Crippen MR) is 214 cm³/mol. The molecule has 1 aliphatic carbocycles. The number of cyclic esters (lactones) is 1. The molecule has 2 aromatic carbocycles. The predicted octanol–water partition coefficient (Wildman–Crippen LogP) is 5.79. The number of sulfonamides is 1. The third kappa shape index (κ3) is 10.3. The monoisotopic (exact) mass is 785 g/mol. The number of alkyl carbamates (subject to hydrolysis) is 1. The lowest BCUT2D eigenvalue weighted by molar-refractivity contribution is -0.140. The molecular weight excluding hydrogens is 735 g/mol. The van der Waals surface area contributed by atoms with Crippen molar-refractivity contribution in [3.8, 4) is 17.0 Å². The summed E-state index contributed by atoms with van der Waals surface area (Å²) in [5.41, 5.74) is 3.24. The van der Waals surface area contributed by atoms with Crippen LogP contribution in [0.1, 0.15) is 83.1 Å². The molecule has 2 aliphatic heterocycles. The number of carbonyl (C=O) groups is 4. The standard InChI is InChI=1S/C42H51N5O8S/c1-3-5-18-35-41(50)47-27-30(25-37(47)40(49)44-34(14-4-2)39(48)46-56(52,53)31-20-21-31)55-38-26-36(29-16-11-9-12-17-29)43-33-22-19-28(24-32(33)38)15-10-7-6-8-13-23-54-42(51)45-35/h4,9-12,15-17,19,22,24,26,30-31,34-35,37H,2-3,5-8,13-14,18,20-21,23,25,27H2,1H3,(H,44,49)(H,45,51)(H,46,48)/b15-10+/t30-,34?,35+,37+/m1/s1. The average Bonchev–Trinajstić information content (AvgIpc) is 3.98. The molecule has 3 N–H and O–H groups in total. The molecule has 3 aromatic rings. The maximum Gasteiger partial charge on any atom is 0.407 e. The van der Waals surface area contributed by atoms with E-state index in [-0.39, 0.29) is 26.0 Å². The number of carbonyl (C=O) groups excluding carboxylic acids is 4. The molecule has 1 saturated carbocycles. The van der Waals surface area contributed by atoms with Gasteiger partial charge in [0, 0.05) is 23.4 Å². The highest BCUT2D eigenvalue weighted by Crippen LogP contribution is 2.34. The SMILES string of the molecule is C=CCC(NC(=O)[C@@H]1C[C@@H]2CN1C(=O)[C@H](CCCC)NC(=O)OCCCCC/C=C/c1ccc3nc(-c4ccccc4)cc(c3c1)O2)C(=O)NS(=O)(=O)C1CC1. The van der Waals surface area contributed by atoms with Crippen molar-refractivity contribution in [1.82, 2.24) is 25.2 Å². The fourth-order valence-electron chi connectivity index (χ4n) is 7.04. The Balaban J connectivity index is 1.36. The lowest BCUT2D eigenvalue weighted by Crippen LogP contribution is -2.56. The van der Waals surface area contributed by atoms with E-state index in [1.165, 1.54) is 11.0 Å². The van der Waals surface area contributed by atoms with Crippen molar-refractivity contribution in [2.45, 2.75) is 107 Å². The van der Waals surface area contributed by atoms with E-state index in [1.807, 2.05) is 61.5 Å². The summed E-state index contributed by atoms with van der Waals surface area (Å²) in [5, 5.41) is 5.56.